The molecule has 1 aliphatic rings. The summed E-state index contributed by atoms with van der Waals surface area (Å²) in [5.74, 6) is 0.146. The minimum atomic E-state index is 0.146. The van der Waals surface area contributed by atoms with Crippen LogP contribution in [-0.2, 0) is 17.6 Å². The average molecular weight is 265 g/mol. The van der Waals surface area contributed by atoms with E-state index in [1.807, 2.05) is 17.0 Å². The molecular weight excluding hydrogens is 246 g/mol. The van der Waals surface area contributed by atoms with Gasteiger partial charge in [-0.1, -0.05) is 48.5 Å². The predicted octanol–water partition coefficient (Wildman–Crippen LogP) is 3.60. The molecule has 20 heavy (non-hydrogen) atoms. The van der Waals surface area contributed by atoms with E-state index in [9.17, 15) is 4.79 Å². The third kappa shape index (κ3) is 2.46. The maximum absolute atomic E-state index is 12.0. The zero-order chi connectivity index (χ0) is 13.9. The van der Waals surface area contributed by atoms with Crippen LogP contribution in [0.1, 0.15) is 24.5 Å². The monoisotopic (exact) mass is 265 g/mol. The lowest BCUT2D eigenvalue weighted by atomic mass is 10.0. The van der Waals surface area contributed by atoms with Crippen LogP contribution in [0.15, 0.2) is 54.6 Å². The van der Waals surface area contributed by atoms with Crippen LogP contribution in [-0.4, -0.2) is 11.9 Å². The fraction of sp³-hybridized carbons (Fsp3) is 0.278. The summed E-state index contributed by atoms with van der Waals surface area (Å²) in [7, 11) is 0. The van der Waals surface area contributed by atoms with E-state index in [0.717, 1.165) is 24.9 Å². The van der Waals surface area contributed by atoms with Crippen LogP contribution >= 0.6 is 0 Å². The second-order valence-electron chi connectivity index (χ2n) is 5.40. The number of aryl methyl sites for hydroxylation is 1. The number of anilines is 1. The number of rotatable bonds is 3. The molecule has 1 atom stereocenters. The first-order valence-electron chi connectivity index (χ1n) is 7.17. The molecule has 0 N–H and O–H groups in total. The van der Waals surface area contributed by atoms with Crippen molar-refractivity contribution in [2.45, 2.75) is 32.2 Å². The average Bonchev–Trinajstić information content (AvgIpc) is 2.84. The minimum absolute atomic E-state index is 0.146. The number of carbonyl (C=O) groups is 1. The second kappa shape index (κ2) is 5.49. The molecule has 2 nitrogen and oxygen atoms in total. The van der Waals surface area contributed by atoms with Crippen molar-refractivity contribution >= 4 is 11.6 Å². The number of hydrogen-bond acceptors (Lipinski definition) is 1. The van der Waals surface area contributed by atoms with Crippen LogP contribution in [0.4, 0.5) is 5.69 Å². The topological polar surface area (TPSA) is 20.3 Å². The SMILES string of the molecule is CC(=O)N1c2ccccc2C[C@@H]1CCc1ccccc1. The maximum Gasteiger partial charge on any atom is 0.224 e. The van der Waals surface area contributed by atoms with Crippen molar-refractivity contribution in [1.82, 2.24) is 0 Å². The highest BCUT2D eigenvalue weighted by atomic mass is 16.2. The molecule has 0 saturated heterocycles. The molecule has 0 fully saturated rings. The third-order valence-corrected chi connectivity index (χ3v) is 4.02. The summed E-state index contributed by atoms with van der Waals surface area (Å²) < 4.78 is 0. The van der Waals surface area contributed by atoms with Gasteiger partial charge in [0.25, 0.3) is 0 Å². The van der Waals surface area contributed by atoms with Gasteiger partial charge in [-0.05, 0) is 36.5 Å². The van der Waals surface area contributed by atoms with Crippen molar-refractivity contribution in [2.75, 3.05) is 4.90 Å². The van der Waals surface area contributed by atoms with E-state index < -0.39 is 0 Å². The predicted molar refractivity (Wildman–Crippen MR) is 81.9 cm³/mol. The fourth-order valence-electron chi connectivity index (χ4n) is 3.10. The number of amides is 1. The molecule has 1 amide bonds. The first kappa shape index (κ1) is 12.9. The van der Waals surface area contributed by atoms with Crippen molar-refractivity contribution in [3.05, 3.63) is 65.7 Å². The molecule has 0 radical (unpaired) electrons. The molecule has 0 unspecified atom stereocenters. The number of para-hydroxylation sites is 1. The van der Waals surface area contributed by atoms with E-state index in [1.54, 1.807) is 6.92 Å². The highest BCUT2D eigenvalue weighted by Gasteiger charge is 2.31. The standard InChI is InChI=1S/C18H19NO/c1-14(20)19-17(12-11-15-7-3-2-4-8-15)13-16-9-5-6-10-18(16)19/h2-10,17H,11-13H2,1H3/t17-/m0/s1. The summed E-state index contributed by atoms with van der Waals surface area (Å²) in [6.07, 6.45) is 3.00. The molecule has 0 aliphatic carbocycles. The van der Waals surface area contributed by atoms with Crippen LogP contribution in [0, 0.1) is 0 Å². The van der Waals surface area contributed by atoms with Gasteiger partial charge in [0.2, 0.25) is 5.91 Å². The van der Waals surface area contributed by atoms with Gasteiger partial charge in [0.1, 0.15) is 0 Å². The Hall–Kier alpha value is -2.09. The lowest BCUT2D eigenvalue weighted by molar-refractivity contribution is -0.116. The van der Waals surface area contributed by atoms with E-state index in [-0.39, 0.29) is 5.91 Å². The highest BCUT2D eigenvalue weighted by molar-refractivity contribution is 5.94. The van der Waals surface area contributed by atoms with Crippen LogP contribution in [0.3, 0.4) is 0 Å². The number of fused-ring (bicyclic) bond motifs is 1. The second-order valence-corrected chi connectivity index (χ2v) is 5.40. The molecule has 2 heteroatoms. The fourth-order valence-corrected chi connectivity index (χ4v) is 3.10. The molecule has 1 aliphatic heterocycles. The van der Waals surface area contributed by atoms with Gasteiger partial charge in [-0.15, -0.1) is 0 Å². The van der Waals surface area contributed by atoms with E-state index in [4.69, 9.17) is 0 Å². The van der Waals surface area contributed by atoms with Crippen molar-refractivity contribution in [1.29, 1.82) is 0 Å². The lowest BCUT2D eigenvalue weighted by Crippen LogP contribution is -2.36. The summed E-state index contributed by atoms with van der Waals surface area (Å²) in [4.78, 5) is 13.9. The zero-order valence-corrected chi connectivity index (χ0v) is 11.8. The van der Waals surface area contributed by atoms with Gasteiger partial charge in [-0.25, -0.2) is 0 Å². The molecule has 1 heterocycles. The third-order valence-electron chi connectivity index (χ3n) is 4.02. The quantitative estimate of drug-likeness (QED) is 0.830. The van der Waals surface area contributed by atoms with E-state index >= 15 is 0 Å². The first-order chi connectivity index (χ1) is 9.75. The molecular formula is C18H19NO. The maximum atomic E-state index is 12.0. The largest absolute Gasteiger partial charge is 0.309 e. The van der Waals surface area contributed by atoms with Crippen LogP contribution in [0.5, 0.6) is 0 Å². The van der Waals surface area contributed by atoms with Gasteiger partial charge in [0.15, 0.2) is 0 Å². The zero-order valence-electron chi connectivity index (χ0n) is 11.8. The van der Waals surface area contributed by atoms with Crippen molar-refractivity contribution < 1.29 is 4.79 Å². The lowest BCUT2D eigenvalue weighted by Gasteiger charge is -2.24. The molecule has 0 saturated carbocycles. The summed E-state index contributed by atoms with van der Waals surface area (Å²) >= 11 is 0. The van der Waals surface area contributed by atoms with Crippen LogP contribution in [0.25, 0.3) is 0 Å². The van der Waals surface area contributed by atoms with Crippen molar-refractivity contribution in [2.24, 2.45) is 0 Å². The Morgan fingerprint density at radius 1 is 1.10 bits per heavy atom. The molecule has 0 bridgehead atoms. The Labute approximate surface area is 120 Å². The molecule has 0 spiro atoms. The van der Waals surface area contributed by atoms with Gasteiger partial charge in [0.05, 0.1) is 0 Å². The molecule has 102 valence electrons. The van der Waals surface area contributed by atoms with Crippen LogP contribution < -0.4 is 4.90 Å². The highest BCUT2D eigenvalue weighted by Crippen LogP contribution is 2.33. The summed E-state index contributed by atoms with van der Waals surface area (Å²) in [5, 5.41) is 0. The van der Waals surface area contributed by atoms with E-state index in [0.29, 0.717) is 6.04 Å². The molecule has 3 rings (SSSR count). The Morgan fingerprint density at radius 2 is 1.80 bits per heavy atom. The van der Waals surface area contributed by atoms with Gasteiger partial charge >= 0.3 is 0 Å². The van der Waals surface area contributed by atoms with Gasteiger partial charge in [-0.2, -0.15) is 0 Å². The Kier molecular flexibility index (Phi) is 3.55. The van der Waals surface area contributed by atoms with E-state index in [1.165, 1.54) is 11.1 Å². The number of benzene rings is 2. The minimum Gasteiger partial charge on any atom is -0.309 e. The number of hydrogen-bond donors (Lipinski definition) is 0. The van der Waals surface area contributed by atoms with Crippen LogP contribution in [0.2, 0.25) is 0 Å². The summed E-state index contributed by atoms with van der Waals surface area (Å²) in [5.41, 5.74) is 3.73. The smallest absolute Gasteiger partial charge is 0.224 e. The Morgan fingerprint density at radius 3 is 2.55 bits per heavy atom. The first-order valence-corrected chi connectivity index (χ1v) is 7.17. The van der Waals surface area contributed by atoms with Gasteiger partial charge in [0, 0.05) is 18.7 Å². The summed E-state index contributed by atoms with van der Waals surface area (Å²) in [6.45, 7) is 1.66. The number of carbonyl (C=O) groups excluding carboxylic acids is 1. The normalized spacial score (nSPS) is 17.1. The van der Waals surface area contributed by atoms with Crippen molar-refractivity contribution in [3.63, 3.8) is 0 Å². The van der Waals surface area contributed by atoms with Gasteiger partial charge in [-0.3, -0.25) is 4.79 Å². The Balaban J connectivity index is 1.76. The van der Waals surface area contributed by atoms with E-state index in [2.05, 4.69) is 42.5 Å². The molecule has 2 aromatic carbocycles. The van der Waals surface area contributed by atoms with Crippen molar-refractivity contribution in [3.8, 4) is 0 Å². The molecule has 2 aromatic rings. The number of nitrogens with zero attached hydrogens (tertiary/aromatic N) is 1. The Bertz CT molecular complexity index is 606. The van der Waals surface area contributed by atoms with Gasteiger partial charge < -0.3 is 4.90 Å². The summed E-state index contributed by atoms with van der Waals surface area (Å²) in [6, 6.07) is 19.0. The molecule has 0 aromatic heterocycles.